The molecular weight excluding hydrogens is 304 g/mol. The third-order valence-electron chi connectivity index (χ3n) is 6.27. The van der Waals surface area contributed by atoms with E-state index in [1.165, 1.54) is 19.3 Å². The zero-order chi connectivity index (χ0) is 16.9. The molecular formula is C18H24N4O2. The maximum absolute atomic E-state index is 12.6. The molecule has 0 bridgehead atoms. The lowest BCUT2D eigenvalue weighted by Gasteiger charge is -2.34. The van der Waals surface area contributed by atoms with Crippen LogP contribution in [0.2, 0.25) is 0 Å². The second-order valence-corrected chi connectivity index (χ2v) is 7.61. The number of hydrogen-bond acceptors (Lipinski definition) is 4. The number of likely N-dealkylation sites (tertiary alicyclic amines) is 1. The zero-order valence-corrected chi connectivity index (χ0v) is 13.8. The van der Waals surface area contributed by atoms with Crippen LogP contribution >= 0.6 is 0 Å². The second kappa shape index (κ2) is 5.46. The molecule has 3 aliphatic rings. The van der Waals surface area contributed by atoms with Crippen LogP contribution in [0.15, 0.2) is 12.1 Å². The van der Waals surface area contributed by atoms with Crippen LogP contribution in [0.25, 0.3) is 0 Å². The topological polar surface area (TPSA) is 102 Å². The molecule has 1 saturated heterocycles. The molecule has 2 heterocycles. The average molecular weight is 328 g/mol. The van der Waals surface area contributed by atoms with Gasteiger partial charge in [-0.25, -0.2) is 4.98 Å². The number of carbonyl (C=O) groups is 2. The minimum atomic E-state index is -0.554. The lowest BCUT2D eigenvalue weighted by molar-refractivity contribution is -0.135. The molecule has 6 nitrogen and oxygen atoms in total. The van der Waals surface area contributed by atoms with E-state index in [2.05, 4.69) is 4.98 Å². The highest BCUT2D eigenvalue weighted by Gasteiger charge is 2.61. The van der Waals surface area contributed by atoms with Crippen LogP contribution in [0.3, 0.4) is 0 Å². The number of nitrogens with zero attached hydrogens (tertiary/aromatic N) is 2. The predicted molar refractivity (Wildman–Crippen MR) is 90.1 cm³/mol. The monoisotopic (exact) mass is 328 g/mol. The molecule has 3 fully saturated rings. The van der Waals surface area contributed by atoms with Gasteiger partial charge in [0.2, 0.25) is 5.91 Å². The van der Waals surface area contributed by atoms with E-state index in [0.29, 0.717) is 17.2 Å². The van der Waals surface area contributed by atoms with E-state index in [9.17, 15) is 9.59 Å². The molecule has 0 unspecified atom stereocenters. The maximum Gasteiger partial charge on any atom is 0.252 e. The smallest absolute Gasteiger partial charge is 0.252 e. The average Bonchev–Trinajstić information content (AvgIpc) is 3.30. The minimum Gasteiger partial charge on any atom is -0.383 e. The molecule has 1 aromatic heterocycles. The highest BCUT2D eigenvalue weighted by molar-refractivity contribution is 5.97. The van der Waals surface area contributed by atoms with Crippen molar-refractivity contribution in [3.63, 3.8) is 0 Å². The number of carbonyl (C=O) groups excluding carboxylic acids is 2. The van der Waals surface area contributed by atoms with Gasteiger partial charge in [0.05, 0.1) is 5.56 Å². The summed E-state index contributed by atoms with van der Waals surface area (Å²) in [7, 11) is 0. The Morgan fingerprint density at radius 1 is 1.21 bits per heavy atom. The largest absolute Gasteiger partial charge is 0.383 e. The Hall–Kier alpha value is -2.11. The van der Waals surface area contributed by atoms with Crippen molar-refractivity contribution < 1.29 is 9.59 Å². The molecule has 0 aromatic carbocycles. The van der Waals surface area contributed by atoms with Gasteiger partial charge in [-0.1, -0.05) is 6.42 Å². The van der Waals surface area contributed by atoms with Crippen LogP contribution in [0.1, 0.15) is 60.5 Å². The summed E-state index contributed by atoms with van der Waals surface area (Å²) in [6, 6.07) is 3.49. The van der Waals surface area contributed by atoms with Crippen molar-refractivity contribution in [1.29, 1.82) is 0 Å². The van der Waals surface area contributed by atoms with Gasteiger partial charge in [0.1, 0.15) is 5.82 Å². The summed E-state index contributed by atoms with van der Waals surface area (Å²) in [5.74, 6) is 0.594. The van der Waals surface area contributed by atoms with Crippen LogP contribution in [-0.2, 0) is 4.79 Å². The predicted octanol–water partition coefficient (Wildman–Crippen LogP) is 1.66. The van der Waals surface area contributed by atoms with Gasteiger partial charge in [0.25, 0.3) is 5.91 Å². The standard InChI is InChI=1S/C18H24N4O2/c19-15-12(16(20)23)2-3-14(21-15)11-4-8-22(9-5-11)17(24)13-10-18(13)6-1-7-18/h2-3,11,13H,1,4-10H2,(H2,19,21)(H2,20,23)/t13-/m0/s1. The maximum atomic E-state index is 12.6. The molecule has 6 heteroatoms. The fraction of sp³-hybridized carbons (Fsp3) is 0.611. The van der Waals surface area contributed by atoms with Gasteiger partial charge >= 0.3 is 0 Å². The fourth-order valence-corrected chi connectivity index (χ4v) is 4.42. The van der Waals surface area contributed by atoms with Crippen molar-refractivity contribution in [2.24, 2.45) is 17.1 Å². The first-order valence-electron chi connectivity index (χ1n) is 8.85. The first-order chi connectivity index (χ1) is 11.5. The SMILES string of the molecule is NC(=O)c1ccc(C2CCN(C(=O)[C@@H]3CC34CCC4)CC2)nc1N. The fourth-order valence-electron chi connectivity index (χ4n) is 4.42. The Balaban J connectivity index is 1.37. The van der Waals surface area contributed by atoms with E-state index in [0.717, 1.165) is 38.0 Å². The number of amides is 2. The van der Waals surface area contributed by atoms with E-state index >= 15 is 0 Å². The van der Waals surface area contributed by atoms with Crippen LogP contribution in [-0.4, -0.2) is 34.8 Å². The third-order valence-corrected chi connectivity index (χ3v) is 6.27. The van der Waals surface area contributed by atoms with E-state index in [1.807, 2.05) is 11.0 Å². The summed E-state index contributed by atoms with van der Waals surface area (Å²) in [4.78, 5) is 30.3. The van der Waals surface area contributed by atoms with Gasteiger partial charge in [0, 0.05) is 30.6 Å². The number of pyridine rings is 1. The number of hydrogen-bond donors (Lipinski definition) is 2. The van der Waals surface area contributed by atoms with Crippen molar-refractivity contribution >= 4 is 17.6 Å². The molecule has 128 valence electrons. The van der Waals surface area contributed by atoms with Gasteiger partial charge in [-0.3, -0.25) is 9.59 Å². The summed E-state index contributed by atoms with van der Waals surface area (Å²) in [6.45, 7) is 1.57. The molecule has 4 N–H and O–H groups in total. The summed E-state index contributed by atoms with van der Waals surface area (Å²) in [5.41, 5.74) is 12.7. The molecule has 2 amide bonds. The summed E-state index contributed by atoms with van der Waals surface area (Å²) in [6.07, 6.45) is 6.69. The number of primary amides is 1. The van der Waals surface area contributed by atoms with Crippen molar-refractivity contribution in [3.8, 4) is 0 Å². The molecule has 1 aromatic rings. The first-order valence-corrected chi connectivity index (χ1v) is 8.85. The Kier molecular flexibility index (Phi) is 3.51. The minimum absolute atomic E-state index is 0.198. The van der Waals surface area contributed by atoms with E-state index in [-0.39, 0.29) is 17.3 Å². The van der Waals surface area contributed by atoms with Crippen LogP contribution in [0.5, 0.6) is 0 Å². The summed E-state index contributed by atoms with van der Waals surface area (Å²) >= 11 is 0. The first kappa shape index (κ1) is 15.4. The quantitative estimate of drug-likeness (QED) is 0.880. The highest BCUT2D eigenvalue weighted by Crippen LogP contribution is 2.66. The Bertz CT molecular complexity index is 690. The number of piperidine rings is 1. The third kappa shape index (κ3) is 2.44. The molecule has 2 saturated carbocycles. The van der Waals surface area contributed by atoms with E-state index in [4.69, 9.17) is 11.5 Å². The van der Waals surface area contributed by atoms with Crippen molar-refractivity contribution in [3.05, 3.63) is 23.4 Å². The van der Waals surface area contributed by atoms with Crippen molar-refractivity contribution in [1.82, 2.24) is 9.88 Å². The normalized spacial score (nSPS) is 25.3. The molecule has 1 atom stereocenters. The van der Waals surface area contributed by atoms with Crippen LogP contribution < -0.4 is 11.5 Å². The van der Waals surface area contributed by atoms with Crippen molar-refractivity contribution in [2.75, 3.05) is 18.8 Å². The summed E-state index contributed by atoms with van der Waals surface area (Å²) < 4.78 is 0. The van der Waals surface area contributed by atoms with Gasteiger partial charge in [-0.15, -0.1) is 0 Å². The van der Waals surface area contributed by atoms with Crippen LogP contribution in [0, 0.1) is 11.3 Å². The molecule has 1 spiro atoms. The number of nitrogens with two attached hydrogens (primary N) is 2. The molecule has 0 radical (unpaired) electrons. The van der Waals surface area contributed by atoms with Crippen LogP contribution in [0.4, 0.5) is 5.82 Å². The van der Waals surface area contributed by atoms with Gasteiger partial charge in [-0.2, -0.15) is 0 Å². The summed E-state index contributed by atoms with van der Waals surface area (Å²) in [5, 5.41) is 0. The Morgan fingerprint density at radius 2 is 1.92 bits per heavy atom. The molecule has 4 rings (SSSR count). The zero-order valence-electron chi connectivity index (χ0n) is 13.8. The molecule has 24 heavy (non-hydrogen) atoms. The van der Waals surface area contributed by atoms with E-state index < -0.39 is 5.91 Å². The number of anilines is 1. The number of rotatable bonds is 3. The second-order valence-electron chi connectivity index (χ2n) is 7.61. The Morgan fingerprint density at radius 3 is 2.42 bits per heavy atom. The lowest BCUT2D eigenvalue weighted by Crippen LogP contribution is -2.40. The Labute approximate surface area is 141 Å². The van der Waals surface area contributed by atoms with Gasteiger partial charge in [0.15, 0.2) is 0 Å². The molecule has 1 aliphatic heterocycles. The van der Waals surface area contributed by atoms with E-state index in [1.54, 1.807) is 6.07 Å². The lowest BCUT2D eigenvalue weighted by atomic mass is 9.79. The number of aromatic nitrogens is 1. The van der Waals surface area contributed by atoms with Gasteiger partial charge < -0.3 is 16.4 Å². The van der Waals surface area contributed by atoms with Crippen molar-refractivity contribution in [2.45, 2.75) is 44.4 Å². The highest BCUT2D eigenvalue weighted by atomic mass is 16.2. The van der Waals surface area contributed by atoms with Gasteiger partial charge in [-0.05, 0) is 49.7 Å². The molecule has 2 aliphatic carbocycles. The number of nitrogen functional groups attached to an aromatic ring is 1.